The van der Waals surface area contributed by atoms with Crippen molar-refractivity contribution in [3.63, 3.8) is 0 Å². The van der Waals surface area contributed by atoms with Crippen molar-refractivity contribution in [1.82, 2.24) is 10.6 Å². The number of nitrogens with zero attached hydrogens (tertiary/aromatic N) is 1. The van der Waals surface area contributed by atoms with Crippen LogP contribution in [0.2, 0.25) is 5.02 Å². The summed E-state index contributed by atoms with van der Waals surface area (Å²) < 4.78 is 0. The molecule has 1 unspecified atom stereocenters. The predicted octanol–water partition coefficient (Wildman–Crippen LogP) is 0.783. The lowest BCUT2D eigenvalue weighted by Crippen LogP contribution is -2.52. The van der Waals surface area contributed by atoms with Crippen molar-refractivity contribution >= 4 is 35.0 Å². The SMILES string of the molecule is O=C1CCC(NC(=O)c2cccc([N+](=O)[O-])c2Cl)C(=O)N1. The Morgan fingerprint density at radius 1 is 1.43 bits per heavy atom. The second-order valence-electron chi connectivity index (χ2n) is 4.37. The summed E-state index contributed by atoms with van der Waals surface area (Å²) in [5.41, 5.74) is -0.497. The fourth-order valence-corrected chi connectivity index (χ4v) is 2.18. The summed E-state index contributed by atoms with van der Waals surface area (Å²) in [5.74, 6) is -1.72. The normalized spacial score (nSPS) is 18.0. The quantitative estimate of drug-likeness (QED) is 0.486. The van der Waals surface area contributed by atoms with Crippen molar-refractivity contribution in [2.24, 2.45) is 0 Å². The maximum Gasteiger partial charge on any atom is 0.288 e. The first-order valence-corrected chi connectivity index (χ1v) is 6.35. The number of rotatable bonds is 3. The number of hydrogen-bond donors (Lipinski definition) is 2. The molecule has 3 amide bonds. The number of halogens is 1. The standard InChI is InChI=1S/C12H10ClN3O5/c13-10-6(2-1-3-8(10)16(20)21)11(18)14-7-4-5-9(17)15-12(7)19/h1-3,7H,4-5H2,(H,14,18)(H,15,17,19). The number of amides is 3. The Balaban J connectivity index is 2.18. The van der Waals surface area contributed by atoms with Crippen molar-refractivity contribution in [2.45, 2.75) is 18.9 Å². The zero-order chi connectivity index (χ0) is 15.6. The van der Waals surface area contributed by atoms with Crippen LogP contribution in [0.5, 0.6) is 0 Å². The van der Waals surface area contributed by atoms with Crippen LogP contribution in [0.4, 0.5) is 5.69 Å². The Hall–Kier alpha value is -2.48. The zero-order valence-corrected chi connectivity index (χ0v) is 11.3. The van der Waals surface area contributed by atoms with E-state index in [4.69, 9.17) is 11.6 Å². The molecule has 21 heavy (non-hydrogen) atoms. The highest BCUT2D eigenvalue weighted by Gasteiger charge is 2.29. The number of imide groups is 1. The van der Waals surface area contributed by atoms with Gasteiger partial charge in [-0.05, 0) is 12.5 Å². The molecule has 0 spiro atoms. The molecule has 1 fully saturated rings. The van der Waals surface area contributed by atoms with Crippen LogP contribution in [-0.2, 0) is 9.59 Å². The van der Waals surface area contributed by atoms with Gasteiger partial charge in [0, 0.05) is 12.5 Å². The van der Waals surface area contributed by atoms with Gasteiger partial charge in [-0.25, -0.2) is 0 Å². The Labute approximate surface area is 123 Å². The maximum absolute atomic E-state index is 12.1. The Bertz CT molecular complexity index is 646. The van der Waals surface area contributed by atoms with E-state index in [0.29, 0.717) is 0 Å². The molecule has 0 radical (unpaired) electrons. The molecule has 1 aromatic carbocycles. The van der Waals surface area contributed by atoms with Crippen LogP contribution in [0.3, 0.4) is 0 Å². The molecule has 1 aromatic rings. The van der Waals surface area contributed by atoms with Gasteiger partial charge < -0.3 is 5.32 Å². The molecule has 1 heterocycles. The van der Waals surface area contributed by atoms with Gasteiger partial charge in [-0.1, -0.05) is 17.7 Å². The van der Waals surface area contributed by atoms with E-state index in [2.05, 4.69) is 10.6 Å². The lowest BCUT2D eigenvalue weighted by molar-refractivity contribution is -0.384. The molecule has 110 valence electrons. The average molecular weight is 312 g/mol. The van der Waals surface area contributed by atoms with E-state index in [1.807, 2.05) is 0 Å². The highest BCUT2D eigenvalue weighted by Crippen LogP contribution is 2.27. The van der Waals surface area contributed by atoms with E-state index in [1.165, 1.54) is 18.2 Å². The van der Waals surface area contributed by atoms with Gasteiger partial charge in [0.25, 0.3) is 11.6 Å². The van der Waals surface area contributed by atoms with Crippen LogP contribution in [-0.4, -0.2) is 28.7 Å². The van der Waals surface area contributed by atoms with Gasteiger partial charge in [-0.2, -0.15) is 0 Å². The van der Waals surface area contributed by atoms with E-state index in [-0.39, 0.29) is 23.4 Å². The lowest BCUT2D eigenvalue weighted by atomic mass is 10.1. The summed E-state index contributed by atoms with van der Waals surface area (Å²) in [6.07, 6.45) is 0.280. The monoisotopic (exact) mass is 311 g/mol. The number of nitro benzene ring substituents is 1. The summed E-state index contributed by atoms with van der Waals surface area (Å²) in [5, 5.41) is 15.0. The van der Waals surface area contributed by atoms with Gasteiger partial charge in [0.2, 0.25) is 11.8 Å². The number of hydrogen-bond acceptors (Lipinski definition) is 5. The van der Waals surface area contributed by atoms with E-state index < -0.39 is 34.4 Å². The van der Waals surface area contributed by atoms with Gasteiger partial charge in [0.05, 0.1) is 10.5 Å². The molecule has 1 aliphatic heterocycles. The first kappa shape index (κ1) is 14.9. The van der Waals surface area contributed by atoms with Crippen LogP contribution in [0, 0.1) is 10.1 Å². The molecule has 0 aromatic heterocycles. The maximum atomic E-state index is 12.1. The minimum atomic E-state index is -0.870. The number of carbonyl (C=O) groups is 3. The molecular weight excluding hydrogens is 302 g/mol. The molecule has 2 rings (SSSR count). The third-order valence-corrected chi connectivity index (χ3v) is 3.36. The van der Waals surface area contributed by atoms with Crippen molar-refractivity contribution in [2.75, 3.05) is 0 Å². The number of benzene rings is 1. The smallest absolute Gasteiger partial charge is 0.288 e. The van der Waals surface area contributed by atoms with Crippen LogP contribution in [0.25, 0.3) is 0 Å². The third kappa shape index (κ3) is 3.16. The molecule has 0 aliphatic carbocycles. The number of nitrogens with one attached hydrogen (secondary N) is 2. The second-order valence-corrected chi connectivity index (χ2v) is 4.75. The van der Waals surface area contributed by atoms with E-state index >= 15 is 0 Å². The van der Waals surface area contributed by atoms with Crippen LogP contribution in [0.15, 0.2) is 18.2 Å². The van der Waals surface area contributed by atoms with Gasteiger partial charge >= 0.3 is 0 Å². The predicted molar refractivity (Wildman–Crippen MR) is 71.7 cm³/mol. The number of carbonyl (C=O) groups excluding carboxylic acids is 3. The molecule has 9 heteroatoms. The molecule has 0 bridgehead atoms. The fourth-order valence-electron chi connectivity index (χ4n) is 1.90. The van der Waals surface area contributed by atoms with Gasteiger partial charge in [0.1, 0.15) is 11.1 Å². The summed E-state index contributed by atoms with van der Waals surface area (Å²) in [6.45, 7) is 0. The van der Waals surface area contributed by atoms with Crippen molar-refractivity contribution < 1.29 is 19.3 Å². The molecule has 1 atom stereocenters. The largest absolute Gasteiger partial charge is 0.340 e. The summed E-state index contributed by atoms with van der Waals surface area (Å²) >= 11 is 5.82. The molecule has 8 nitrogen and oxygen atoms in total. The van der Waals surface area contributed by atoms with Gasteiger partial charge in [-0.15, -0.1) is 0 Å². The summed E-state index contributed by atoms with van der Waals surface area (Å²) in [7, 11) is 0. The first-order valence-electron chi connectivity index (χ1n) is 5.97. The van der Waals surface area contributed by atoms with Gasteiger partial charge in [0.15, 0.2) is 0 Å². The van der Waals surface area contributed by atoms with Crippen molar-refractivity contribution in [1.29, 1.82) is 0 Å². The highest BCUT2D eigenvalue weighted by atomic mass is 35.5. The lowest BCUT2D eigenvalue weighted by Gasteiger charge is -2.21. The summed E-state index contributed by atoms with van der Waals surface area (Å²) in [6, 6.07) is 2.94. The van der Waals surface area contributed by atoms with Crippen molar-refractivity contribution in [3.8, 4) is 0 Å². The Morgan fingerprint density at radius 3 is 2.76 bits per heavy atom. The van der Waals surface area contributed by atoms with Crippen LogP contribution < -0.4 is 10.6 Å². The van der Waals surface area contributed by atoms with Crippen LogP contribution in [0.1, 0.15) is 23.2 Å². The topological polar surface area (TPSA) is 118 Å². The van der Waals surface area contributed by atoms with E-state index in [0.717, 1.165) is 0 Å². The van der Waals surface area contributed by atoms with Gasteiger partial charge in [-0.3, -0.25) is 29.8 Å². The molecule has 2 N–H and O–H groups in total. The van der Waals surface area contributed by atoms with E-state index in [1.54, 1.807) is 0 Å². The average Bonchev–Trinajstić information content (AvgIpc) is 2.41. The first-order chi connectivity index (χ1) is 9.90. The minimum Gasteiger partial charge on any atom is -0.340 e. The molecular formula is C12H10ClN3O5. The Morgan fingerprint density at radius 2 is 2.14 bits per heavy atom. The van der Waals surface area contributed by atoms with E-state index in [9.17, 15) is 24.5 Å². The minimum absolute atomic E-state index is 0.101. The number of nitro groups is 1. The summed E-state index contributed by atoms with van der Waals surface area (Å²) in [4.78, 5) is 44.7. The number of piperidine rings is 1. The molecule has 1 saturated heterocycles. The highest BCUT2D eigenvalue weighted by molar-refractivity contribution is 6.35. The fraction of sp³-hybridized carbons (Fsp3) is 0.250. The van der Waals surface area contributed by atoms with Crippen LogP contribution >= 0.6 is 11.6 Å². The second kappa shape index (κ2) is 5.88. The third-order valence-electron chi connectivity index (χ3n) is 2.96. The molecule has 1 aliphatic rings. The molecule has 0 saturated carbocycles. The van der Waals surface area contributed by atoms with Crippen molar-refractivity contribution in [3.05, 3.63) is 38.9 Å². The Kier molecular flexibility index (Phi) is 4.18. The zero-order valence-electron chi connectivity index (χ0n) is 10.6.